The van der Waals surface area contributed by atoms with Gasteiger partial charge in [-0.15, -0.1) is 0 Å². The van der Waals surface area contributed by atoms with Gasteiger partial charge in [0.1, 0.15) is 22.6 Å². The van der Waals surface area contributed by atoms with E-state index in [1.165, 1.54) is 6.20 Å². The number of nitrogen functional groups attached to an aromatic ring is 1. The number of alkyl halides is 3. The molecule has 4 heterocycles. The summed E-state index contributed by atoms with van der Waals surface area (Å²) >= 11 is 5.88. The number of aromatic nitrogens is 3. The molecule has 2 bridgehead atoms. The standard InChI is InChI=1S/C26H26ClF5N6O3/c1-25(2,3)41-24(39)38-13-4-5-14(38)10-37(9-13)22-16-8-34-20(15-6-12(33)7-17(27)18(15)28)19(29)21(16)35-23(36-22)40-11-26(30,31)32/h6-8,13-14H,4-5,9-11,33H2,1-3H3/t13-,14+. The second kappa shape index (κ2) is 10.3. The number of amides is 1. The van der Waals surface area contributed by atoms with E-state index in [-0.39, 0.29) is 52.7 Å². The summed E-state index contributed by atoms with van der Waals surface area (Å²) in [5, 5.41) is -0.302. The third kappa shape index (κ3) is 5.88. The molecule has 0 aliphatic carbocycles. The summed E-state index contributed by atoms with van der Waals surface area (Å²) in [6.07, 6.45) is -2.65. The number of piperazine rings is 1. The number of hydrogen-bond acceptors (Lipinski definition) is 8. The molecule has 15 heteroatoms. The van der Waals surface area contributed by atoms with Gasteiger partial charge in [-0.2, -0.15) is 23.1 Å². The van der Waals surface area contributed by atoms with Gasteiger partial charge in [-0.05, 0) is 45.7 Å². The van der Waals surface area contributed by atoms with Gasteiger partial charge in [-0.3, -0.25) is 9.88 Å². The molecule has 2 aliphatic rings. The Morgan fingerprint density at radius 3 is 2.37 bits per heavy atom. The number of carbonyl (C=O) groups excluding carboxylic acids is 1. The minimum Gasteiger partial charge on any atom is -0.454 e. The van der Waals surface area contributed by atoms with Gasteiger partial charge in [0.15, 0.2) is 18.2 Å². The largest absolute Gasteiger partial charge is 0.454 e. The van der Waals surface area contributed by atoms with Crippen molar-refractivity contribution < 1.29 is 36.2 Å². The number of ether oxygens (including phenoxy) is 2. The molecule has 41 heavy (non-hydrogen) atoms. The predicted octanol–water partition coefficient (Wildman–Crippen LogP) is 5.73. The number of carbonyl (C=O) groups is 1. The van der Waals surface area contributed by atoms with E-state index in [9.17, 15) is 22.4 Å². The predicted molar refractivity (Wildman–Crippen MR) is 141 cm³/mol. The number of hydrogen-bond donors (Lipinski definition) is 1. The van der Waals surface area contributed by atoms with Crippen LogP contribution in [0.25, 0.3) is 22.2 Å². The number of rotatable bonds is 4. The fourth-order valence-electron chi connectivity index (χ4n) is 5.13. The SMILES string of the molecule is CC(C)(C)OC(=O)N1[C@@H]2CC[C@H]1CN(c1nc(OCC(F)(F)F)nc3c(F)c(-c4cc(N)cc(Cl)c4F)ncc13)C2. The average molecular weight is 601 g/mol. The second-order valence-electron chi connectivity index (χ2n) is 11.0. The Labute approximate surface area is 236 Å². The highest BCUT2D eigenvalue weighted by molar-refractivity contribution is 6.31. The summed E-state index contributed by atoms with van der Waals surface area (Å²) in [5.41, 5.74) is 3.82. The Balaban J connectivity index is 1.57. The van der Waals surface area contributed by atoms with Crippen LogP contribution in [0.4, 0.5) is 38.3 Å². The number of pyridine rings is 1. The maximum absolute atomic E-state index is 15.9. The van der Waals surface area contributed by atoms with Crippen molar-refractivity contribution in [2.45, 2.75) is 57.5 Å². The van der Waals surface area contributed by atoms with Crippen molar-refractivity contribution >= 4 is 40.1 Å². The monoisotopic (exact) mass is 600 g/mol. The van der Waals surface area contributed by atoms with Gasteiger partial charge in [0.25, 0.3) is 0 Å². The fourth-order valence-corrected chi connectivity index (χ4v) is 5.36. The molecule has 1 aromatic carbocycles. The van der Waals surface area contributed by atoms with Gasteiger partial charge in [-0.25, -0.2) is 13.6 Å². The first-order chi connectivity index (χ1) is 19.1. The Morgan fingerprint density at radius 1 is 1.10 bits per heavy atom. The summed E-state index contributed by atoms with van der Waals surface area (Å²) in [6, 6.07) is 0.986. The fraction of sp³-hybridized carbons (Fsp3) is 0.462. The summed E-state index contributed by atoms with van der Waals surface area (Å²) in [4.78, 5) is 28.4. The molecule has 5 rings (SSSR count). The molecule has 2 saturated heterocycles. The van der Waals surface area contributed by atoms with Crippen molar-refractivity contribution in [2.75, 3.05) is 30.3 Å². The highest BCUT2D eigenvalue weighted by Gasteiger charge is 2.45. The van der Waals surface area contributed by atoms with Crippen molar-refractivity contribution in [1.82, 2.24) is 19.9 Å². The van der Waals surface area contributed by atoms with E-state index >= 15 is 4.39 Å². The molecule has 1 amide bonds. The normalized spacial score (nSPS) is 19.1. The Kier molecular flexibility index (Phi) is 7.24. The lowest BCUT2D eigenvalue weighted by Crippen LogP contribution is -2.57. The lowest BCUT2D eigenvalue weighted by molar-refractivity contribution is -0.154. The Hall–Kier alpha value is -3.68. The molecule has 2 fully saturated rings. The van der Waals surface area contributed by atoms with Gasteiger partial charge in [0, 0.05) is 30.5 Å². The summed E-state index contributed by atoms with van der Waals surface area (Å²) in [7, 11) is 0. The van der Waals surface area contributed by atoms with E-state index in [0.29, 0.717) is 12.8 Å². The van der Waals surface area contributed by atoms with Crippen LogP contribution in [0.3, 0.4) is 0 Å². The zero-order valence-corrected chi connectivity index (χ0v) is 23.0. The molecule has 2 aliphatic heterocycles. The van der Waals surface area contributed by atoms with Crippen molar-refractivity contribution in [3.8, 4) is 17.3 Å². The lowest BCUT2D eigenvalue weighted by Gasteiger charge is -2.42. The summed E-state index contributed by atoms with van der Waals surface area (Å²) in [6.45, 7) is 4.05. The van der Waals surface area contributed by atoms with Crippen molar-refractivity contribution in [3.05, 3.63) is 35.0 Å². The molecule has 3 aromatic rings. The van der Waals surface area contributed by atoms with Gasteiger partial charge >= 0.3 is 18.3 Å². The lowest BCUT2D eigenvalue weighted by atomic mass is 10.1. The molecule has 0 saturated carbocycles. The molecule has 2 N–H and O–H groups in total. The van der Waals surface area contributed by atoms with Crippen molar-refractivity contribution in [1.29, 1.82) is 0 Å². The van der Waals surface area contributed by atoms with Crippen LogP contribution >= 0.6 is 11.6 Å². The highest BCUT2D eigenvalue weighted by Crippen LogP contribution is 2.39. The topological polar surface area (TPSA) is 107 Å². The molecule has 2 atom stereocenters. The average Bonchev–Trinajstić information content (AvgIpc) is 3.13. The van der Waals surface area contributed by atoms with Gasteiger partial charge < -0.3 is 20.1 Å². The van der Waals surface area contributed by atoms with Crippen LogP contribution in [-0.2, 0) is 4.74 Å². The quantitative estimate of drug-likeness (QED) is 0.299. The van der Waals surface area contributed by atoms with Crippen LogP contribution in [0.5, 0.6) is 6.01 Å². The molecule has 0 unspecified atom stereocenters. The molecular formula is C26H26ClF5N6O3. The second-order valence-corrected chi connectivity index (χ2v) is 11.4. The summed E-state index contributed by atoms with van der Waals surface area (Å²) in [5.74, 6) is -2.04. The van der Waals surface area contributed by atoms with E-state index in [1.54, 1.807) is 30.6 Å². The van der Waals surface area contributed by atoms with Crippen molar-refractivity contribution in [2.24, 2.45) is 0 Å². The summed E-state index contributed by atoms with van der Waals surface area (Å²) < 4.78 is 79.9. The molecular weight excluding hydrogens is 575 g/mol. The smallest absolute Gasteiger partial charge is 0.422 e. The van der Waals surface area contributed by atoms with Gasteiger partial charge in [-0.1, -0.05) is 11.6 Å². The molecule has 0 radical (unpaired) electrons. The minimum absolute atomic E-state index is 0.0450. The number of halogens is 6. The Bertz CT molecular complexity index is 1500. The first-order valence-corrected chi connectivity index (χ1v) is 13.1. The molecule has 0 spiro atoms. The van der Waals surface area contributed by atoms with Crippen LogP contribution in [-0.4, -0.2) is 69.5 Å². The number of fused-ring (bicyclic) bond motifs is 3. The molecule has 9 nitrogen and oxygen atoms in total. The van der Waals surface area contributed by atoms with Crippen LogP contribution in [0.15, 0.2) is 18.3 Å². The third-order valence-corrected chi connectivity index (χ3v) is 6.98. The highest BCUT2D eigenvalue weighted by atomic mass is 35.5. The van der Waals surface area contributed by atoms with Crippen LogP contribution in [0.1, 0.15) is 33.6 Å². The number of nitrogens with zero attached hydrogens (tertiary/aromatic N) is 5. The van der Waals surface area contributed by atoms with Gasteiger partial charge in [0.05, 0.1) is 22.5 Å². The van der Waals surface area contributed by atoms with Crippen LogP contribution < -0.4 is 15.4 Å². The zero-order valence-electron chi connectivity index (χ0n) is 22.2. The van der Waals surface area contributed by atoms with E-state index in [2.05, 4.69) is 15.0 Å². The third-order valence-electron chi connectivity index (χ3n) is 6.70. The van der Waals surface area contributed by atoms with Crippen LogP contribution in [0, 0.1) is 11.6 Å². The number of anilines is 2. The zero-order chi connectivity index (χ0) is 29.9. The van der Waals surface area contributed by atoms with E-state index in [0.717, 1.165) is 12.1 Å². The first kappa shape index (κ1) is 28.8. The minimum atomic E-state index is -4.71. The Morgan fingerprint density at radius 2 is 1.76 bits per heavy atom. The van der Waals surface area contributed by atoms with E-state index in [4.69, 9.17) is 26.8 Å². The van der Waals surface area contributed by atoms with Crippen molar-refractivity contribution in [3.63, 3.8) is 0 Å². The number of nitrogens with two attached hydrogens (primary N) is 1. The maximum atomic E-state index is 15.9. The number of benzene rings is 1. The van der Waals surface area contributed by atoms with Gasteiger partial charge in [0.2, 0.25) is 0 Å². The molecule has 220 valence electrons. The first-order valence-electron chi connectivity index (χ1n) is 12.7. The van der Waals surface area contributed by atoms with E-state index in [1.807, 2.05) is 0 Å². The maximum Gasteiger partial charge on any atom is 0.422 e. The van der Waals surface area contributed by atoms with E-state index < -0.39 is 53.3 Å². The van der Waals surface area contributed by atoms with Crippen LogP contribution in [0.2, 0.25) is 5.02 Å². The molecule has 2 aromatic heterocycles.